The van der Waals surface area contributed by atoms with E-state index >= 15 is 0 Å². The predicted octanol–water partition coefficient (Wildman–Crippen LogP) is 1.96. The van der Waals surface area contributed by atoms with Crippen LogP contribution >= 0.6 is 0 Å². The predicted molar refractivity (Wildman–Crippen MR) is 67.9 cm³/mol. The average molecular weight is 251 g/mol. The quantitative estimate of drug-likeness (QED) is 0.680. The van der Waals surface area contributed by atoms with E-state index in [0.717, 1.165) is 25.7 Å². The molecule has 0 bridgehead atoms. The highest BCUT2D eigenvalue weighted by Crippen LogP contribution is 2.49. The van der Waals surface area contributed by atoms with Gasteiger partial charge in [-0.2, -0.15) is 0 Å². The van der Waals surface area contributed by atoms with Crippen LogP contribution in [0.4, 0.5) is 0 Å². The van der Waals surface area contributed by atoms with E-state index in [4.69, 9.17) is 5.11 Å². The molecule has 0 aromatic rings. The molecule has 0 spiro atoms. The van der Waals surface area contributed by atoms with Crippen LogP contribution in [0.2, 0.25) is 0 Å². The maximum atomic E-state index is 12.2. The van der Waals surface area contributed by atoms with Crippen LogP contribution in [0.3, 0.4) is 0 Å². The summed E-state index contributed by atoms with van der Waals surface area (Å²) in [5.41, 5.74) is 0. The van der Waals surface area contributed by atoms with Crippen molar-refractivity contribution >= 4 is 11.9 Å². The molecule has 0 aromatic carbocycles. The average Bonchev–Trinajstić information content (AvgIpc) is 3.17. The molecule has 0 saturated heterocycles. The lowest BCUT2D eigenvalue weighted by Gasteiger charge is -2.19. The van der Waals surface area contributed by atoms with Gasteiger partial charge in [0.1, 0.15) is 6.04 Å². The van der Waals surface area contributed by atoms with Crippen molar-refractivity contribution < 1.29 is 14.7 Å². The van der Waals surface area contributed by atoms with Crippen LogP contribution in [-0.4, -0.2) is 23.0 Å². The Labute approximate surface area is 107 Å². The highest BCUT2D eigenvalue weighted by molar-refractivity contribution is 5.85. The summed E-state index contributed by atoms with van der Waals surface area (Å²) in [5, 5.41) is 11.8. The Hall–Kier alpha value is -1.32. The molecule has 4 heteroatoms. The molecule has 2 N–H and O–H groups in total. The van der Waals surface area contributed by atoms with Crippen molar-refractivity contribution in [1.29, 1.82) is 0 Å². The van der Waals surface area contributed by atoms with Gasteiger partial charge >= 0.3 is 5.97 Å². The molecule has 0 radical (unpaired) electrons. The topological polar surface area (TPSA) is 66.4 Å². The van der Waals surface area contributed by atoms with E-state index < -0.39 is 12.0 Å². The Morgan fingerprint density at radius 3 is 2.22 bits per heavy atom. The largest absolute Gasteiger partial charge is 0.480 e. The van der Waals surface area contributed by atoms with Crippen molar-refractivity contribution in [2.45, 2.75) is 45.1 Å². The molecule has 0 heterocycles. The summed E-state index contributed by atoms with van der Waals surface area (Å²) in [5.74, 6) is 0.0866. The number of carbonyl (C=O) groups is 2. The molecule has 1 atom stereocenters. The first-order valence-electron chi connectivity index (χ1n) is 6.77. The van der Waals surface area contributed by atoms with Gasteiger partial charge in [0.05, 0.1) is 0 Å². The second-order valence-electron chi connectivity index (χ2n) is 5.40. The van der Waals surface area contributed by atoms with Crippen LogP contribution < -0.4 is 5.32 Å². The summed E-state index contributed by atoms with van der Waals surface area (Å²) in [7, 11) is 0. The zero-order valence-corrected chi connectivity index (χ0v) is 10.8. The summed E-state index contributed by atoms with van der Waals surface area (Å²) < 4.78 is 0. The van der Waals surface area contributed by atoms with Gasteiger partial charge in [-0.15, -0.1) is 0 Å². The number of rotatable bonds is 7. The number of hydrogen-bond donors (Lipinski definition) is 2. The molecule has 2 rings (SSSR count). The molecule has 0 aliphatic heterocycles. The van der Waals surface area contributed by atoms with Crippen LogP contribution in [0.15, 0.2) is 12.2 Å². The molecule has 1 unspecified atom stereocenters. The second kappa shape index (κ2) is 5.55. The molecule has 0 aromatic heterocycles. The zero-order valence-electron chi connectivity index (χ0n) is 10.8. The van der Waals surface area contributed by atoms with Crippen LogP contribution in [0, 0.1) is 17.8 Å². The molecule has 1 amide bonds. The fourth-order valence-electron chi connectivity index (χ4n) is 2.49. The summed E-state index contributed by atoms with van der Waals surface area (Å²) >= 11 is 0. The summed E-state index contributed by atoms with van der Waals surface area (Å²) in [4.78, 5) is 23.3. The Kier molecular flexibility index (Phi) is 4.04. The van der Waals surface area contributed by atoms with Crippen LogP contribution in [0.25, 0.3) is 0 Å². The maximum Gasteiger partial charge on any atom is 0.326 e. The lowest BCUT2D eigenvalue weighted by molar-refractivity contribution is -0.142. The van der Waals surface area contributed by atoms with Gasteiger partial charge in [0, 0.05) is 5.92 Å². The minimum atomic E-state index is -0.952. The molecule has 2 saturated carbocycles. The van der Waals surface area contributed by atoms with E-state index in [9.17, 15) is 9.59 Å². The van der Waals surface area contributed by atoms with Gasteiger partial charge in [0.2, 0.25) is 5.91 Å². The molecule has 4 nitrogen and oxygen atoms in total. The van der Waals surface area contributed by atoms with Gasteiger partial charge in [0.25, 0.3) is 0 Å². The van der Waals surface area contributed by atoms with Crippen molar-refractivity contribution in [3.8, 4) is 0 Å². The second-order valence-corrected chi connectivity index (χ2v) is 5.40. The molecule has 2 fully saturated rings. The van der Waals surface area contributed by atoms with Gasteiger partial charge in [-0.25, -0.2) is 4.79 Å². The van der Waals surface area contributed by atoms with Crippen molar-refractivity contribution in [1.82, 2.24) is 5.32 Å². The van der Waals surface area contributed by atoms with E-state index in [1.165, 1.54) is 0 Å². The maximum absolute atomic E-state index is 12.2. The molecule has 2 aliphatic rings. The molecule has 100 valence electrons. The Bertz CT molecular complexity index is 344. The van der Waals surface area contributed by atoms with E-state index in [1.807, 2.05) is 6.92 Å². The Balaban J connectivity index is 1.92. The first-order valence-corrected chi connectivity index (χ1v) is 6.77. The number of hydrogen-bond acceptors (Lipinski definition) is 2. The van der Waals surface area contributed by atoms with E-state index in [1.54, 1.807) is 12.2 Å². The number of carbonyl (C=O) groups excluding carboxylic acids is 1. The number of carboxylic acid groups (broad SMARTS) is 1. The van der Waals surface area contributed by atoms with E-state index in [0.29, 0.717) is 18.3 Å². The Morgan fingerprint density at radius 1 is 1.28 bits per heavy atom. The van der Waals surface area contributed by atoms with E-state index in [-0.39, 0.29) is 11.8 Å². The third kappa shape index (κ3) is 3.34. The van der Waals surface area contributed by atoms with Crippen molar-refractivity contribution in [3.63, 3.8) is 0 Å². The lowest BCUT2D eigenvalue weighted by atomic mass is 9.96. The molecule has 18 heavy (non-hydrogen) atoms. The van der Waals surface area contributed by atoms with Gasteiger partial charge in [-0.3, -0.25) is 4.79 Å². The third-order valence-electron chi connectivity index (χ3n) is 3.78. The number of amides is 1. The van der Waals surface area contributed by atoms with Gasteiger partial charge < -0.3 is 10.4 Å². The van der Waals surface area contributed by atoms with E-state index in [2.05, 4.69) is 5.32 Å². The summed E-state index contributed by atoms with van der Waals surface area (Å²) in [6.45, 7) is 1.85. The first kappa shape index (κ1) is 13.1. The molecular formula is C14H21NO3. The highest BCUT2D eigenvalue weighted by atomic mass is 16.4. The minimum absolute atomic E-state index is 0.0445. The number of allylic oxidation sites excluding steroid dienone is 1. The van der Waals surface area contributed by atoms with Crippen LogP contribution in [-0.2, 0) is 9.59 Å². The number of aliphatic carboxylic acids is 1. The third-order valence-corrected chi connectivity index (χ3v) is 3.78. The normalized spacial score (nSPS) is 21.2. The summed E-state index contributed by atoms with van der Waals surface area (Å²) in [6, 6.07) is -0.784. The fourth-order valence-corrected chi connectivity index (χ4v) is 2.49. The van der Waals surface area contributed by atoms with Crippen LogP contribution in [0.1, 0.15) is 39.0 Å². The lowest BCUT2D eigenvalue weighted by Crippen LogP contribution is -2.44. The zero-order chi connectivity index (χ0) is 13.1. The number of carboxylic acids is 1. The minimum Gasteiger partial charge on any atom is -0.480 e. The SMILES string of the molecule is C/C=C/CC(NC(=O)C(C1CC1)C1CC1)C(=O)O. The number of nitrogens with one attached hydrogen (secondary N) is 1. The van der Waals surface area contributed by atoms with Crippen molar-refractivity contribution in [2.75, 3.05) is 0 Å². The fraction of sp³-hybridized carbons (Fsp3) is 0.714. The van der Waals surface area contributed by atoms with Gasteiger partial charge in [-0.1, -0.05) is 12.2 Å². The first-order chi connectivity index (χ1) is 8.63. The van der Waals surface area contributed by atoms with Crippen molar-refractivity contribution in [3.05, 3.63) is 12.2 Å². The molecular weight excluding hydrogens is 230 g/mol. The smallest absolute Gasteiger partial charge is 0.326 e. The molecule has 2 aliphatic carbocycles. The van der Waals surface area contributed by atoms with Crippen LogP contribution in [0.5, 0.6) is 0 Å². The summed E-state index contributed by atoms with van der Waals surface area (Å²) in [6.07, 6.45) is 8.45. The van der Waals surface area contributed by atoms with Crippen molar-refractivity contribution in [2.24, 2.45) is 17.8 Å². The Morgan fingerprint density at radius 2 is 1.83 bits per heavy atom. The van der Waals surface area contributed by atoms with Gasteiger partial charge in [0.15, 0.2) is 0 Å². The van der Waals surface area contributed by atoms with Gasteiger partial charge in [-0.05, 0) is 50.9 Å². The standard InChI is InChI=1S/C14H21NO3/c1-2-3-4-11(14(17)18)15-13(16)12(9-5-6-9)10-7-8-10/h2-3,9-12H,4-8H2,1H3,(H,15,16)(H,17,18)/b3-2+. The monoisotopic (exact) mass is 251 g/mol. The highest BCUT2D eigenvalue weighted by Gasteiger charge is 2.46.